The lowest BCUT2D eigenvalue weighted by Crippen LogP contribution is -2.36. The van der Waals surface area contributed by atoms with Gasteiger partial charge in [-0.2, -0.15) is 0 Å². The molecule has 1 saturated heterocycles. The summed E-state index contributed by atoms with van der Waals surface area (Å²) < 4.78 is 0. The van der Waals surface area contributed by atoms with Crippen LogP contribution in [0.25, 0.3) is 0 Å². The van der Waals surface area contributed by atoms with E-state index in [9.17, 15) is 9.59 Å². The molecule has 4 nitrogen and oxygen atoms in total. The van der Waals surface area contributed by atoms with E-state index in [2.05, 4.69) is 6.58 Å². The standard InChI is InChI=1S/C9H12N2O2/c1-2-8(12)11-6-5-10(9(11)13)7-3-4-7/h2,7H,1,3-6H2. The highest BCUT2D eigenvalue weighted by Crippen LogP contribution is 2.29. The van der Waals surface area contributed by atoms with E-state index >= 15 is 0 Å². The first kappa shape index (κ1) is 8.29. The molecule has 70 valence electrons. The number of hydrogen-bond donors (Lipinski definition) is 0. The summed E-state index contributed by atoms with van der Waals surface area (Å²) in [6.07, 6.45) is 3.36. The summed E-state index contributed by atoms with van der Waals surface area (Å²) >= 11 is 0. The van der Waals surface area contributed by atoms with Crippen molar-refractivity contribution >= 4 is 11.9 Å². The third-order valence-electron chi connectivity index (χ3n) is 2.47. The van der Waals surface area contributed by atoms with Crippen LogP contribution >= 0.6 is 0 Å². The van der Waals surface area contributed by atoms with Crippen molar-refractivity contribution in [3.05, 3.63) is 12.7 Å². The average Bonchev–Trinajstić information content (AvgIpc) is 2.90. The van der Waals surface area contributed by atoms with Crippen molar-refractivity contribution < 1.29 is 9.59 Å². The molecule has 3 amide bonds. The van der Waals surface area contributed by atoms with Gasteiger partial charge in [0.05, 0.1) is 0 Å². The van der Waals surface area contributed by atoms with Crippen LogP contribution in [-0.2, 0) is 4.79 Å². The molecule has 2 aliphatic rings. The van der Waals surface area contributed by atoms with Crippen LogP contribution in [0.1, 0.15) is 12.8 Å². The van der Waals surface area contributed by atoms with Gasteiger partial charge in [-0.15, -0.1) is 0 Å². The number of hydrogen-bond acceptors (Lipinski definition) is 2. The Morgan fingerprint density at radius 3 is 2.69 bits per heavy atom. The van der Waals surface area contributed by atoms with Crippen molar-refractivity contribution in [1.29, 1.82) is 0 Å². The van der Waals surface area contributed by atoms with Gasteiger partial charge in [-0.25, -0.2) is 4.79 Å². The minimum atomic E-state index is -0.284. The highest BCUT2D eigenvalue weighted by molar-refractivity contribution is 6.01. The summed E-state index contributed by atoms with van der Waals surface area (Å²) in [5, 5.41) is 0. The second-order valence-electron chi connectivity index (χ2n) is 3.40. The van der Waals surface area contributed by atoms with Gasteiger partial charge in [-0.3, -0.25) is 9.69 Å². The van der Waals surface area contributed by atoms with Crippen LogP contribution in [-0.4, -0.2) is 40.9 Å². The maximum Gasteiger partial charge on any atom is 0.327 e. The number of amides is 3. The van der Waals surface area contributed by atoms with Crippen molar-refractivity contribution in [2.75, 3.05) is 13.1 Å². The van der Waals surface area contributed by atoms with Crippen molar-refractivity contribution in [1.82, 2.24) is 9.80 Å². The Morgan fingerprint density at radius 1 is 1.46 bits per heavy atom. The molecule has 1 aliphatic heterocycles. The SMILES string of the molecule is C=CC(=O)N1CCN(C2CC2)C1=O. The van der Waals surface area contributed by atoms with Gasteiger partial charge in [-0.05, 0) is 18.9 Å². The molecule has 0 unspecified atom stereocenters. The Hall–Kier alpha value is -1.32. The van der Waals surface area contributed by atoms with Crippen LogP contribution in [0.5, 0.6) is 0 Å². The number of nitrogens with zero attached hydrogens (tertiary/aromatic N) is 2. The maximum atomic E-state index is 11.6. The highest BCUT2D eigenvalue weighted by atomic mass is 16.2. The fourth-order valence-electron chi connectivity index (χ4n) is 1.59. The number of imide groups is 1. The molecule has 2 rings (SSSR count). The number of carbonyl (C=O) groups is 2. The summed E-state index contributed by atoms with van der Waals surface area (Å²) in [6.45, 7) is 4.56. The zero-order valence-corrected chi connectivity index (χ0v) is 7.40. The van der Waals surface area contributed by atoms with Crippen LogP contribution in [0.15, 0.2) is 12.7 Å². The summed E-state index contributed by atoms with van der Waals surface area (Å²) in [7, 11) is 0. The average molecular weight is 180 g/mol. The molecule has 0 aromatic rings. The molecule has 0 radical (unpaired) electrons. The molecular weight excluding hydrogens is 168 g/mol. The van der Waals surface area contributed by atoms with E-state index in [0.29, 0.717) is 19.1 Å². The Morgan fingerprint density at radius 2 is 2.15 bits per heavy atom. The van der Waals surface area contributed by atoms with Gasteiger partial charge in [0, 0.05) is 19.1 Å². The van der Waals surface area contributed by atoms with E-state index < -0.39 is 0 Å². The molecule has 0 bridgehead atoms. The van der Waals surface area contributed by atoms with Gasteiger partial charge >= 0.3 is 6.03 Å². The zero-order valence-electron chi connectivity index (χ0n) is 7.40. The van der Waals surface area contributed by atoms with Gasteiger partial charge in [0.25, 0.3) is 5.91 Å². The Bertz CT molecular complexity index is 271. The summed E-state index contributed by atoms with van der Waals surface area (Å²) in [5.41, 5.74) is 0. The summed E-state index contributed by atoms with van der Waals surface area (Å²) in [5.74, 6) is -0.284. The Kier molecular flexibility index (Phi) is 1.83. The molecule has 0 spiro atoms. The third-order valence-corrected chi connectivity index (χ3v) is 2.47. The first-order valence-electron chi connectivity index (χ1n) is 4.48. The second kappa shape index (κ2) is 2.87. The zero-order chi connectivity index (χ0) is 9.42. The molecular formula is C9H12N2O2. The van der Waals surface area contributed by atoms with E-state index in [-0.39, 0.29) is 11.9 Å². The molecule has 0 N–H and O–H groups in total. The molecule has 0 atom stereocenters. The highest BCUT2D eigenvalue weighted by Gasteiger charge is 2.40. The van der Waals surface area contributed by atoms with Gasteiger partial charge in [0.2, 0.25) is 0 Å². The lowest BCUT2D eigenvalue weighted by atomic mass is 10.5. The molecule has 4 heteroatoms. The van der Waals surface area contributed by atoms with Gasteiger partial charge in [-0.1, -0.05) is 6.58 Å². The van der Waals surface area contributed by atoms with Crippen molar-refractivity contribution in [3.8, 4) is 0 Å². The Balaban J connectivity index is 2.05. The topological polar surface area (TPSA) is 40.6 Å². The summed E-state index contributed by atoms with van der Waals surface area (Å²) in [6, 6.07) is 0.252. The van der Waals surface area contributed by atoms with Crippen molar-refractivity contribution in [2.24, 2.45) is 0 Å². The van der Waals surface area contributed by atoms with Crippen LogP contribution in [0.2, 0.25) is 0 Å². The Labute approximate surface area is 76.8 Å². The first-order valence-corrected chi connectivity index (χ1v) is 4.48. The lowest BCUT2D eigenvalue weighted by molar-refractivity contribution is -0.122. The van der Waals surface area contributed by atoms with Gasteiger partial charge < -0.3 is 4.90 Å². The van der Waals surface area contributed by atoms with Crippen molar-refractivity contribution in [3.63, 3.8) is 0 Å². The van der Waals surface area contributed by atoms with Crippen LogP contribution in [0.3, 0.4) is 0 Å². The summed E-state index contributed by atoms with van der Waals surface area (Å²) in [4.78, 5) is 25.8. The smallest absolute Gasteiger partial charge is 0.319 e. The van der Waals surface area contributed by atoms with Gasteiger partial charge in [0.1, 0.15) is 0 Å². The largest absolute Gasteiger partial charge is 0.327 e. The minimum Gasteiger partial charge on any atom is -0.319 e. The number of carbonyl (C=O) groups excluding carboxylic acids is 2. The maximum absolute atomic E-state index is 11.6. The number of urea groups is 1. The van der Waals surface area contributed by atoms with Crippen LogP contribution < -0.4 is 0 Å². The van der Waals surface area contributed by atoms with E-state index in [4.69, 9.17) is 0 Å². The van der Waals surface area contributed by atoms with E-state index in [1.165, 1.54) is 11.0 Å². The number of rotatable bonds is 2. The van der Waals surface area contributed by atoms with Crippen LogP contribution in [0.4, 0.5) is 4.79 Å². The molecule has 2 fully saturated rings. The molecule has 13 heavy (non-hydrogen) atoms. The van der Waals surface area contributed by atoms with E-state index in [0.717, 1.165) is 12.8 Å². The lowest BCUT2D eigenvalue weighted by Gasteiger charge is -2.15. The fraction of sp³-hybridized carbons (Fsp3) is 0.556. The van der Waals surface area contributed by atoms with E-state index in [1.807, 2.05) is 0 Å². The fourth-order valence-corrected chi connectivity index (χ4v) is 1.59. The molecule has 0 aromatic heterocycles. The molecule has 0 aromatic carbocycles. The predicted molar refractivity (Wildman–Crippen MR) is 47.0 cm³/mol. The second-order valence-corrected chi connectivity index (χ2v) is 3.40. The third kappa shape index (κ3) is 1.32. The molecule has 1 saturated carbocycles. The predicted octanol–water partition coefficient (Wildman–Crippen LogP) is 0.599. The van der Waals surface area contributed by atoms with Gasteiger partial charge in [0.15, 0.2) is 0 Å². The normalized spacial score (nSPS) is 22.3. The quantitative estimate of drug-likeness (QED) is 0.584. The minimum absolute atomic E-state index is 0.146. The molecule has 1 heterocycles. The molecule has 1 aliphatic carbocycles. The van der Waals surface area contributed by atoms with Crippen molar-refractivity contribution in [2.45, 2.75) is 18.9 Å². The first-order chi connectivity index (χ1) is 6.24. The monoisotopic (exact) mass is 180 g/mol. The van der Waals surface area contributed by atoms with E-state index in [1.54, 1.807) is 4.90 Å². The van der Waals surface area contributed by atoms with Crippen LogP contribution in [0, 0.1) is 0 Å².